The van der Waals surface area contributed by atoms with Gasteiger partial charge in [0.15, 0.2) is 0 Å². The van der Waals surface area contributed by atoms with Gasteiger partial charge >= 0.3 is 5.97 Å². The average molecular weight is 979 g/mol. The summed E-state index contributed by atoms with van der Waals surface area (Å²) in [5.41, 5.74) is -9.22. The van der Waals surface area contributed by atoms with Gasteiger partial charge in [0.05, 0.1) is 6.04 Å². The lowest BCUT2D eigenvalue weighted by molar-refractivity contribution is -0.148. The molecule has 0 aromatic rings. The van der Waals surface area contributed by atoms with Crippen molar-refractivity contribution in [1.29, 1.82) is 0 Å². The molecular formula is C47H82N10O12. The smallest absolute Gasteiger partial charge is 0.302 e. The molecule has 9 N–H and O–H groups in total. The van der Waals surface area contributed by atoms with Crippen molar-refractivity contribution in [2.75, 3.05) is 13.2 Å². The molecule has 0 radical (unpaired) electrons. The number of hydrogen-bond acceptors (Lipinski definition) is 12. The predicted octanol–water partition coefficient (Wildman–Crippen LogP) is 0.106. The first-order valence-corrected chi connectivity index (χ1v) is 23.4. The monoisotopic (exact) mass is 979 g/mol. The lowest BCUT2D eigenvalue weighted by Gasteiger charge is -2.36. The molecule has 0 saturated carbocycles. The van der Waals surface area contributed by atoms with Crippen LogP contribution < -0.4 is 47.9 Å². The van der Waals surface area contributed by atoms with Crippen molar-refractivity contribution in [1.82, 2.24) is 52.8 Å². The van der Waals surface area contributed by atoms with Crippen molar-refractivity contribution in [2.45, 2.75) is 208 Å². The van der Waals surface area contributed by atoms with Crippen molar-refractivity contribution < 1.29 is 57.5 Å². The molecule has 1 aliphatic rings. The number of esters is 1. The Morgan fingerprint density at radius 3 is 1.35 bits per heavy atom. The van der Waals surface area contributed by atoms with Crippen LogP contribution in [0.4, 0.5) is 0 Å². The van der Waals surface area contributed by atoms with Gasteiger partial charge in [-0.2, -0.15) is 0 Å². The van der Waals surface area contributed by atoms with E-state index in [9.17, 15) is 52.7 Å². The van der Waals surface area contributed by atoms with E-state index in [1.807, 2.05) is 0 Å². The zero-order valence-corrected chi connectivity index (χ0v) is 44.3. The average Bonchev–Trinajstić information content (AvgIpc) is 3.67. The van der Waals surface area contributed by atoms with Gasteiger partial charge in [-0.1, -0.05) is 34.1 Å². The summed E-state index contributed by atoms with van der Waals surface area (Å²) < 4.78 is 5.12. The molecule has 69 heavy (non-hydrogen) atoms. The zero-order valence-electron chi connectivity index (χ0n) is 44.3. The maximum atomic E-state index is 13.9. The van der Waals surface area contributed by atoms with E-state index in [1.54, 1.807) is 32.6 Å². The van der Waals surface area contributed by atoms with Crippen LogP contribution in [0.1, 0.15) is 151 Å². The number of rotatable bonds is 23. The van der Waals surface area contributed by atoms with E-state index >= 15 is 0 Å². The maximum absolute atomic E-state index is 13.9. The minimum Gasteiger partial charge on any atom is -0.464 e. The molecule has 0 bridgehead atoms. The highest BCUT2D eigenvalue weighted by Gasteiger charge is 2.44. The quantitative estimate of drug-likeness (QED) is 0.0617. The Morgan fingerprint density at radius 2 is 0.913 bits per heavy atom. The fraction of sp³-hybridized carbons (Fsp3) is 0.766. The summed E-state index contributed by atoms with van der Waals surface area (Å²) in [7, 11) is 0. The van der Waals surface area contributed by atoms with Crippen LogP contribution in [0.15, 0.2) is 0 Å². The van der Waals surface area contributed by atoms with Crippen LogP contribution in [0.2, 0.25) is 0 Å². The fourth-order valence-electron chi connectivity index (χ4n) is 7.02. The maximum Gasteiger partial charge on any atom is 0.302 e. The molecule has 5 atom stereocenters. The van der Waals surface area contributed by atoms with E-state index in [-0.39, 0.29) is 18.6 Å². The van der Waals surface area contributed by atoms with Gasteiger partial charge in [0.2, 0.25) is 59.1 Å². The van der Waals surface area contributed by atoms with Crippen LogP contribution in [-0.4, -0.2) is 140 Å². The molecule has 1 fully saturated rings. The zero-order chi connectivity index (χ0) is 54.0. The molecule has 1 aliphatic heterocycles. The van der Waals surface area contributed by atoms with Crippen LogP contribution in [0.25, 0.3) is 0 Å². The van der Waals surface area contributed by atoms with Gasteiger partial charge in [-0.25, -0.2) is 0 Å². The first-order chi connectivity index (χ1) is 31.1. The molecule has 0 aromatic heterocycles. The molecule has 0 aromatic carbocycles. The molecule has 0 aliphatic carbocycles. The van der Waals surface area contributed by atoms with E-state index < -0.39 is 122 Å². The van der Waals surface area contributed by atoms with E-state index in [2.05, 4.69) is 47.9 Å². The Morgan fingerprint density at radius 1 is 0.522 bits per heavy atom. The van der Waals surface area contributed by atoms with Gasteiger partial charge in [-0.15, -0.1) is 0 Å². The highest BCUT2D eigenvalue weighted by molar-refractivity contribution is 6.01. The van der Waals surface area contributed by atoms with Crippen molar-refractivity contribution in [3.05, 3.63) is 0 Å². The third-order valence-electron chi connectivity index (χ3n) is 11.9. The number of hydrogen-bond donors (Lipinski definition) is 9. The summed E-state index contributed by atoms with van der Waals surface area (Å²) in [4.78, 5) is 147. The van der Waals surface area contributed by atoms with E-state index in [0.717, 1.165) is 0 Å². The van der Waals surface area contributed by atoms with Crippen LogP contribution in [-0.2, 0) is 57.5 Å². The second-order valence-corrected chi connectivity index (χ2v) is 21.6. The lowest BCUT2D eigenvalue weighted by atomic mass is 9.93. The third-order valence-corrected chi connectivity index (χ3v) is 11.9. The second-order valence-electron chi connectivity index (χ2n) is 21.6. The van der Waals surface area contributed by atoms with E-state index in [4.69, 9.17) is 4.74 Å². The van der Waals surface area contributed by atoms with Crippen LogP contribution >= 0.6 is 0 Å². The molecule has 1 heterocycles. The van der Waals surface area contributed by atoms with Gasteiger partial charge in [0.25, 0.3) is 0 Å². The fourth-order valence-corrected chi connectivity index (χ4v) is 7.02. The molecule has 22 heteroatoms. The SMILES string of the molecule is CCC(C)C(NC(=O)C(C)(C)NC(=O)C(NC(=O)C(C)(C)NC(=O)C(C)(C)NC(C)=O)C(C)C)C(=O)NC(C)(C)C(=O)NC(C)(C)C(=O)NC(C)C(=O)NC(C)(C)C(=O)N1CCCC1COC(C)=O. The number of likely N-dealkylation sites (tertiary alicyclic amines) is 1. The topological polar surface area (TPSA) is 309 Å². The Bertz CT molecular complexity index is 1980. The number of ether oxygens (including phenoxy) is 1. The largest absolute Gasteiger partial charge is 0.464 e. The van der Waals surface area contributed by atoms with Crippen molar-refractivity contribution in [3.63, 3.8) is 0 Å². The lowest BCUT2D eigenvalue weighted by Crippen LogP contribution is -2.67. The number of carbonyl (C=O) groups is 11. The molecule has 1 rings (SSSR count). The Balaban J connectivity index is 3.06. The van der Waals surface area contributed by atoms with Crippen LogP contribution in [0.5, 0.6) is 0 Å². The molecular weight excluding hydrogens is 897 g/mol. The van der Waals surface area contributed by atoms with Crippen molar-refractivity contribution in [3.8, 4) is 0 Å². The summed E-state index contributed by atoms with van der Waals surface area (Å²) in [6, 6.07) is -3.89. The van der Waals surface area contributed by atoms with Crippen molar-refractivity contribution >= 4 is 65.0 Å². The van der Waals surface area contributed by atoms with E-state index in [1.165, 1.54) is 104 Å². The summed E-state index contributed by atoms with van der Waals surface area (Å²) in [6.07, 6.45) is 1.74. The molecule has 22 nitrogen and oxygen atoms in total. The van der Waals surface area contributed by atoms with E-state index in [0.29, 0.717) is 25.8 Å². The minimum absolute atomic E-state index is 0.0344. The highest BCUT2D eigenvalue weighted by Crippen LogP contribution is 2.22. The highest BCUT2D eigenvalue weighted by atomic mass is 16.5. The number of nitrogens with zero attached hydrogens (tertiary/aromatic N) is 1. The van der Waals surface area contributed by atoms with Gasteiger partial charge in [-0.3, -0.25) is 52.7 Å². The van der Waals surface area contributed by atoms with Crippen molar-refractivity contribution in [2.24, 2.45) is 11.8 Å². The number of nitrogens with one attached hydrogen (secondary N) is 9. The van der Waals surface area contributed by atoms with Gasteiger partial charge in [-0.05, 0) is 115 Å². The Labute approximate surface area is 407 Å². The summed E-state index contributed by atoms with van der Waals surface area (Å²) in [5, 5.41) is 23.6. The minimum atomic E-state index is -1.67. The molecule has 0 spiro atoms. The van der Waals surface area contributed by atoms with Gasteiger partial charge in [0, 0.05) is 20.4 Å². The molecule has 5 unspecified atom stereocenters. The third kappa shape index (κ3) is 17.6. The van der Waals surface area contributed by atoms with Crippen LogP contribution in [0.3, 0.4) is 0 Å². The summed E-state index contributed by atoms with van der Waals surface area (Å²) in [6.45, 7) is 28.5. The van der Waals surface area contributed by atoms with Gasteiger partial charge in [0.1, 0.15) is 58.0 Å². The Kier molecular flexibility index (Phi) is 21.0. The second kappa shape index (κ2) is 23.7. The molecule has 10 amide bonds. The standard InChI is InChI=1S/C47H82N10O12/c1-20-26(4)32(50-37(64)42(8,9)53-34(61)31(25(2)3)49-38(65)44(12,13)55-39(66)45(14,15)51-28(6)58)35(62)54-46(16,17)40(67)56-43(10,11)36(63)48-27(5)33(60)52-47(18,19)41(68)57-23-21-22-30(57)24-69-29(7)59/h25-27,30-32H,20-24H2,1-19H3,(H,48,63)(H,49,65)(H,50,64)(H,51,58)(H,52,60)(H,53,61)(H,54,62)(H,55,66)(H,56,67). The predicted molar refractivity (Wildman–Crippen MR) is 256 cm³/mol. The van der Waals surface area contributed by atoms with Crippen LogP contribution in [0, 0.1) is 11.8 Å². The normalized spacial score (nSPS) is 16.3. The van der Waals surface area contributed by atoms with Gasteiger partial charge < -0.3 is 57.5 Å². The summed E-state index contributed by atoms with van der Waals surface area (Å²) >= 11 is 0. The first-order valence-electron chi connectivity index (χ1n) is 23.4. The molecule has 392 valence electrons. The first kappa shape index (κ1) is 61.2. The summed E-state index contributed by atoms with van der Waals surface area (Å²) in [5.74, 6) is -8.08. The number of carbonyl (C=O) groups excluding carboxylic acids is 11. The number of amides is 10. The Hall–Kier alpha value is -5.83. The molecule has 1 saturated heterocycles.